The monoisotopic (exact) mass is 350 g/mol. The number of benzene rings is 1. The smallest absolute Gasteiger partial charge is 0.256 e. The van der Waals surface area contributed by atoms with Crippen LogP contribution in [0.15, 0.2) is 42.6 Å². The van der Waals surface area contributed by atoms with Gasteiger partial charge in [-0.05, 0) is 37.6 Å². The number of amides is 2. The van der Waals surface area contributed by atoms with Gasteiger partial charge in [-0.2, -0.15) is 0 Å². The summed E-state index contributed by atoms with van der Waals surface area (Å²) in [7, 11) is 0. The maximum atomic E-state index is 12.6. The van der Waals surface area contributed by atoms with E-state index < -0.39 is 0 Å². The van der Waals surface area contributed by atoms with E-state index in [1.54, 1.807) is 6.20 Å². The van der Waals surface area contributed by atoms with Gasteiger partial charge in [0.1, 0.15) is 5.82 Å². The molecule has 1 fully saturated rings. The first-order chi connectivity index (χ1) is 12.5. The average Bonchev–Trinajstić information content (AvgIpc) is 2.91. The Balaban J connectivity index is 1.52. The highest BCUT2D eigenvalue weighted by Gasteiger charge is 2.38. The number of carbonyl (C=O) groups excluding carboxylic acids is 2. The van der Waals surface area contributed by atoms with E-state index in [1.165, 1.54) is 0 Å². The first-order valence-electron chi connectivity index (χ1n) is 8.88. The molecule has 0 radical (unpaired) electrons. The predicted molar refractivity (Wildman–Crippen MR) is 99.3 cm³/mol. The number of aromatic nitrogens is 1. The molecule has 0 saturated carbocycles. The van der Waals surface area contributed by atoms with Crippen molar-refractivity contribution in [1.82, 2.24) is 15.2 Å². The van der Waals surface area contributed by atoms with Gasteiger partial charge in [0, 0.05) is 37.9 Å². The fraction of sp³-hybridized carbons (Fsp3) is 0.350. The normalized spacial score (nSPS) is 18.5. The molecule has 1 aromatic carbocycles. The van der Waals surface area contributed by atoms with E-state index in [0.717, 1.165) is 11.4 Å². The summed E-state index contributed by atoms with van der Waals surface area (Å²) in [5, 5.41) is 3.02. The zero-order valence-electron chi connectivity index (χ0n) is 15.0. The number of hydrogen-bond acceptors (Lipinski definition) is 4. The first kappa shape index (κ1) is 16.6. The minimum atomic E-state index is -0.380. The fourth-order valence-electron chi connectivity index (χ4n) is 3.73. The number of fused-ring (bicyclic) bond motifs is 1. The van der Waals surface area contributed by atoms with Crippen LogP contribution in [0, 0.1) is 0 Å². The number of pyridine rings is 1. The quantitative estimate of drug-likeness (QED) is 0.900. The zero-order chi connectivity index (χ0) is 18.3. The van der Waals surface area contributed by atoms with Crippen molar-refractivity contribution in [2.75, 3.05) is 31.1 Å². The molecule has 0 aliphatic carbocycles. The van der Waals surface area contributed by atoms with Gasteiger partial charge in [-0.3, -0.25) is 9.59 Å². The van der Waals surface area contributed by atoms with E-state index in [0.29, 0.717) is 37.3 Å². The molecular formula is C20H22N4O2. The van der Waals surface area contributed by atoms with Gasteiger partial charge in [0.05, 0.1) is 11.1 Å². The third kappa shape index (κ3) is 2.71. The van der Waals surface area contributed by atoms with Gasteiger partial charge in [-0.15, -0.1) is 0 Å². The Morgan fingerprint density at radius 3 is 2.46 bits per heavy atom. The maximum absolute atomic E-state index is 12.6. The number of anilines is 1. The zero-order valence-corrected chi connectivity index (χ0v) is 15.0. The van der Waals surface area contributed by atoms with Gasteiger partial charge >= 0.3 is 0 Å². The summed E-state index contributed by atoms with van der Waals surface area (Å²) in [4.78, 5) is 33.5. The fourth-order valence-corrected chi connectivity index (χ4v) is 3.73. The minimum absolute atomic E-state index is 0.0513. The van der Waals surface area contributed by atoms with Crippen LogP contribution in [-0.2, 0) is 5.54 Å². The first-order valence-corrected chi connectivity index (χ1v) is 8.88. The van der Waals surface area contributed by atoms with Gasteiger partial charge in [-0.25, -0.2) is 4.98 Å². The van der Waals surface area contributed by atoms with Gasteiger partial charge in [0.25, 0.3) is 11.8 Å². The Morgan fingerprint density at radius 1 is 1.08 bits per heavy atom. The van der Waals surface area contributed by atoms with Crippen molar-refractivity contribution in [3.05, 3.63) is 59.3 Å². The van der Waals surface area contributed by atoms with E-state index in [-0.39, 0.29) is 17.4 Å². The van der Waals surface area contributed by atoms with E-state index >= 15 is 0 Å². The van der Waals surface area contributed by atoms with Crippen LogP contribution in [-0.4, -0.2) is 47.9 Å². The van der Waals surface area contributed by atoms with Crippen molar-refractivity contribution in [1.29, 1.82) is 0 Å². The summed E-state index contributed by atoms with van der Waals surface area (Å²) >= 11 is 0. The van der Waals surface area contributed by atoms with Gasteiger partial charge in [0.15, 0.2) is 0 Å². The summed E-state index contributed by atoms with van der Waals surface area (Å²) < 4.78 is 0. The van der Waals surface area contributed by atoms with Gasteiger partial charge < -0.3 is 15.1 Å². The van der Waals surface area contributed by atoms with Crippen LogP contribution in [0.5, 0.6) is 0 Å². The molecule has 2 aromatic rings. The lowest BCUT2D eigenvalue weighted by Crippen LogP contribution is -2.49. The van der Waals surface area contributed by atoms with Crippen LogP contribution in [0.4, 0.5) is 5.82 Å². The Kier molecular flexibility index (Phi) is 3.90. The number of nitrogens with zero attached hydrogens (tertiary/aromatic N) is 3. The van der Waals surface area contributed by atoms with Crippen molar-refractivity contribution in [3.63, 3.8) is 0 Å². The molecule has 0 spiro atoms. The average molecular weight is 350 g/mol. The second kappa shape index (κ2) is 6.12. The van der Waals surface area contributed by atoms with Gasteiger partial charge in [0.2, 0.25) is 0 Å². The second-order valence-corrected chi connectivity index (χ2v) is 7.28. The summed E-state index contributed by atoms with van der Waals surface area (Å²) in [6, 6.07) is 11.2. The Bertz CT molecular complexity index is 855. The van der Waals surface area contributed by atoms with E-state index in [2.05, 4.69) is 15.2 Å². The number of piperazine rings is 1. The van der Waals surface area contributed by atoms with Crippen LogP contribution in [0.25, 0.3) is 0 Å². The standard InChI is InChI=1S/C20H22N4O2/c1-20(2)15-8-9-21-17(16(15)18(25)22-20)23-10-12-24(13-11-23)19(26)14-6-4-3-5-7-14/h3-9H,10-13H2,1-2H3,(H,22,25). The number of hydrogen-bond donors (Lipinski definition) is 1. The predicted octanol–water partition coefficient (Wildman–Crippen LogP) is 2.02. The van der Waals surface area contributed by atoms with Crippen LogP contribution >= 0.6 is 0 Å². The SMILES string of the molecule is CC1(C)NC(=O)c2c1ccnc2N1CCN(C(=O)c2ccccc2)CC1. The Morgan fingerprint density at radius 2 is 1.77 bits per heavy atom. The Labute approximate surface area is 152 Å². The third-order valence-corrected chi connectivity index (χ3v) is 5.14. The molecule has 134 valence electrons. The Hall–Kier alpha value is -2.89. The van der Waals surface area contributed by atoms with Crippen molar-refractivity contribution in [3.8, 4) is 0 Å². The molecule has 6 nitrogen and oxygen atoms in total. The third-order valence-electron chi connectivity index (χ3n) is 5.14. The second-order valence-electron chi connectivity index (χ2n) is 7.28. The highest BCUT2D eigenvalue weighted by molar-refractivity contribution is 6.04. The molecule has 1 N–H and O–H groups in total. The molecular weight excluding hydrogens is 328 g/mol. The molecule has 1 aromatic heterocycles. The van der Waals surface area contributed by atoms with Crippen molar-refractivity contribution in [2.45, 2.75) is 19.4 Å². The van der Waals surface area contributed by atoms with Crippen molar-refractivity contribution in [2.24, 2.45) is 0 Å². The molecule has 26 heavy (non-hydrogen) atoms. The summed E-state index contributed by atoms with van der Waals surface area (Å²) in [6.45, 7) is 6.55. The molecule has 6 heteroatoms. The van der Waals surface area contributed by atoms with E-state index in [4.69, 9.17) is 0 Å². The molecule has 0 atom stereocenters. The van der Waals surface area contributed by atoms with Crippen LogP contribution in [0.1, 0.15) is 40.1 Å². The molecule has 0 unspecified atom stereocenters. The number of carbonyl (C=O) groups is 2. The molecule has 2 aliphatic heterocycles. The van der Waals surface area contributed by atoms with Crippen molar-refractivity contribution < 1.29 is 9.59 Å². The lowest BCUT2D eigenvalue weighted by atomic mass is 9.95. The number of rotatable bonds is 2. The molecule has 3 heterocycles. The lowest BCUT2D eigenvalue weighted by molar-refractivity contribution is 0.0745. The van der Waals surface area contributed by atoms with E-state index in [9.17, 15) is 9.59 Å². The lowest BCUT2D eigenvalue weighted by Gasteiger charge is -2.36. The van der Waals surface area contributed by atoms with Crippen molar-refractivity contribution >= 4 is 17.6 Å². The van der Waals surface area contributed by atoms with Gasteiger partial charge in [-0.1, -0.05) is 18.2 Å². The largest absolute Gasteiger partial charge is 0.352 e. The topological polar surface area (TPSA) is 65.5 Å². The molecule has 1 saturated heterocycles. The van der Waals surface area contributed by atoms with Crippen LogP contribution in [0.3, 0.4) is 0 Å². The summed E-state index contributed by atoms with van der Waals surface area (Å²) in [6.07, 6.45) is 1.76. The summed E-state index contributed by atoms with van der Waals surface area (Å²) in [5.74, 6) is 0.698. The van der Waals surface area contributed by atoms with Crippen LogP contribution < -0.4 is 10.2 Å². The van der Waals surface area contributed by atoms with Crippen LogP contribution in [0.2, 0.25) is 0 Å². The molecule has 0 bridgehead atoms. The minimum Gasteiger partial charge on any atom is -0.352 e. The maximum Gasteiger partial charge on any atom is 0.256 e. The molecule has 2 amide bonds. The highest BCUT2D eigenvalue weighted by atomic mass is 16.2. The summed E-state index contributed by atoms with van der Waals surface area (Å²) in [5.41, 5.74) is 1.98. The molecule has 2 aliphatic rings. The number of nitrogens with one attached hydrogen (secondary N) is 1. The van der Waals surface area contributed by atoms with E-state index in [1.807, 2.05) is 55.1 Å². The highest BCUT2D eigenvalue weighted by Crippen LogP contribution is 2.35. The molecule has 4 rings (SSSR count).